The molecule has 0 saturated carbocycles. The number of hydrogen-bond acceptors (Lipinski definition) is 1. The van der Waals surface area contributed by atoms with E-state index in [1.54, 1.807) is 0 Å². The summed E-state index contributed by atoms with van der Waals surface area (Å²) in [4.78, 5) is 0. The van der Waals surface area contributed by atoms with Gasteiger partial charge in [0.25, 0.3) is 0 Å². The largest absolute Gasteiger partial charge is 0.456 e. The van der Waals surface area contributed by atoms with Crippen LogP contribution in [0.15, 0.2) is 186 Å². The number of benzene rings is 9. The van der Waals surface area contributed by atoms with Gasteiger partial charge >= 0.3 is 0 Å². The minimum absolute atomic E-state index is 0.591. The first-order valence-corrected chi connectivity index (χ1v) is 14.4. The number of rotatable bonds is 4. The first kappa shape index (κ1) is 11.1. The smallest absolute Gasteiger partial charge is 0.136 e. The van der Waals surface area contributed by atoms with Gasteiger partial charge in [0, 0.05) is 10.8 Å². The lowest BCUT2D eigenvalue weighted by Gasteiger charge is -2.19. The maximum atomic E-state index is 9.86. The predicted molar refractivity (Wildman–Crippen MR) is 208 cm³/mol. The van der Waals surface area contributed by atoms with E-state index in [9.17, 15) is 12.3 Å². The molecular weight excluding hydrogens is 593 g/mol. The van der Waals surface area contributed by atoms with Crippen LogP contribution in [-0.4, -0.2) is 0 Å². The minimum atomic E-state index is -1.13. The van der Waals surface area contributed by atoms with Gasteiger partial charge in [0.2, 0.25) is 0 Å². The highest BCUT2D eigenvalue weighted by Gasteiger charge is 2.21. The Kier molecular flexibility index (Phi) is 2.50. The van der Waals surface area contributed by atoms with E-state index in [0.29, 0.717) is 0 Å². The molecule has 1 heteroatoms. The number of furan rings is 1. The van der Waals surface area contributed by atoms with Crippen molar-refractivity contribution in [1.82, 2.24) is 0 Å². The molecule has 0 saturated heterocycles. The maximum Gasteiger partial charge on any atom is 0.136 e. The molecule has 0 N–H and O–H groups in total. The van der Waals surface area contributed by atoms with Crippen LogP contribution in [0.2, 0.25) is 0 Å². The van der Waals surface area contributed by atoms with Gasteiger partial charge in [0.15, 0.2) is 0 Å². The van der Waals surface area contributed by atoms with Crippen LogP contribution in [0.4, 0.5) is 0 Å². The first-order valence-electron chi connectivity index (χ1n) is 29.4. The molecule has 228 valence electrons. The molecule has 1 aromatic heterocycles. The summed E-state index contributed by atoms with van der Waals surface area (Å²) in [6.07, 6.45) is 0. The molecule has 0 spiro atoms. The number of hydrogen-bond donors (Lipinski definition) is 0. The third kappa shape index (κ3) is 4.40. The third-order valence-electron chi connectivity index (χ3n) is 7.89. The van der Waals surface area contributed by atoms with Crippen LogP contribution in [-0.2, 0) is 0 Å². The second-order valence-electron chi connectivity index (χ2n) is 10.5. The Labute approximate surface area is 326 Å². The quantitative estimate of drug-likeness (QED) is 0.172. The van der Waals surface area contributed by atoms with Crippen molar-refractivity contribution in [3.8, 4) is 44.5 Å². The molecular formula is C48H30O. The Morgan fingerprint density at radius 2 is 0.837 bits per heavy atom. The van der Waals surface area contributed by atoms with Crippen molar-refractivity contribution in [2.75, 3.05) is 0 Å². The SMILES string of the molecule is [2H]c1c([2H])c([2H])c(-c2c([2H])c([2H])c([2H])c3oc4c([2H])c([2H])c([2H])c(-c5c6c([2H])c([2H])c([2H])c([2H])c6c(-c6c([2H])c([2H])c([2H])c(-c7c([2H])c([2H])c8c([2H])c([2H])c([2H])c([2H])c8c7[2H])c6[2H])c6c([2H])c([2H])c([2H])c([2H])c56)c4c23)c([2H])c1[2H]. The van der Waals surface area contributed by atoms with Crippen LogP contribution >= 0.6 is 0 Å². The summed E-state index contributed by atoms with van der Waals surface area (Å²) in [6.45, 7) is 0. The molecule has 10 rings (SSSR count). The molecule has 0 bridgehead atoms. The van der Waals surface area contributed by atoms with E-state index in [0.717, 1.165) is 0 Å². The zero-order valence-electron chi connectivity index (χ0n) is 54.4. The average molecular weight is 653 g/mol. The van der Waals surface area contributed by atoms with Crippen molar-refractivity contribution in [1.29, 1.82) is 0 Å². The van der Waals surface area contributed by atoms with Crippen LogP contribution in [0.5, 0.6) is 0 Å². The summed E-state index contributed by atoms with van der Waals surface area (Å²) in [5.41, 5.74) is -8.07. The van der Waals surface area contributed by atoms with Gasteiger partial charge < -0.3 is 4.42 Å². The summed E-state index contributed by atoms with van der Waals surface area (Å²) in [6, 6.07) is -29.6. The van der Waals surface area contributed by atoms with Crippen molar-refractivity contribution in [2.24, 2.45) is 0 Å². The van der Waals surface area contributed by atoms with Crippen molar-refractivity contribution < 1.29 is 45.5 Å². The van der Waals surface area contributed by atoms with Crippen LogP contribution in [0.25, 0.3) is 98.8 Å². The molecule has 0 aliphatic rings. The van der Waals surface area contributed by atoms with Crippen LogP contribution in [0, 0.1) is 0 Å². The highest BCUT2D eigenvalue weighted by Crippen LogP contribution is 2.48. The lowest BCUT2D eigenvalue weighted by Crippen LogP contribution is -1.92. The predicted octanol–water partition coefficient (Wildman–Crippen LogP) is 13.7. The molecule has 9 aromatic carbocycles. The van der Waals surface area contributed by atoms with Gasteiger partial charge in [0.05, 0.1) is 41.1 Å². The summed E-state index contributed by atoms with van der Waals surface area (Å²) in [5.74, 6) is 0. The van der Waals surface area contributed by atoms with Crippen molar-refractivity contribution >= 4 is 54.3 Å². The van der Waals surface area contributed by atoms with E-state index in [4.69, 9.17) is 33.2 Å². The molecule has 1 heterocycles. The van der Waals surface area contributed by atoms with Crippen molar-refractivity contribution in [2.45, 2.75) is 0 Å². The Morgan fingerprint density at radius 1 is 0.327 bits per heavy atom. The minimum Gasteiger partial charge on any atom is -0.456 e. The van der Waals surface area contributed by atoms with Crippen molar-refractivity contribution in [3.63, 3.8) is 0 Å². The van der Waals surface area contributed by atoms with Crippen LogP contribution in [0.3, 0.4) is 0 Å². The summed E-state index contributed by atoms with van der Waals surface area (Å²) >= 11 is 0. The maximum absolute atomic E-state index is 9.86. The molecule has 0 amide bonds. The topological polar surface area (TPSA) is 13.1 Å². The molecule has 0 atom stereocenters. The van der Waals surface area contributed by atoms with E-state index in [1.807, 2.05) is 0 Å². The number of fused-ring (bicyclic) bond motifs is 6. The standard InChI is InChI=1S/C48H30O/c1-2-14-32(15-3-1)37-23-11-25-43-47(37)48-42(24-12-26-44(48)49-43)46-40-21-8-6-19-38(40)45(39-20-7-9-22-41(39)46)36-18-10-17-34(30-36)35-28-27-31-13-4-5-16-33(31)29-35/h1-30H/i1D,2D,3D,4D,5D,6D,7D,8D,9D,10D,11D,12D,13D,14D,15D,16D,17D,18D,19D,20D,21D,22D,23D,24D,25D,26D,27D,28D,29D,30D. The Bertz CT molecular complexity index is 4490. The zero-order chi connectivity index (χ0) is 58.4. The van der Waals surface area contributed by atoms with Gasteiger partial charge in [-0.05, 0) is 101 Å². The summed E-state index contributed by atoms with van der Waals surface area (Å²) in [7, 11) is 0. The second kappa shape index (κ2) is 11.1. The van der Waals surface area contributed by atoms with E-state index in [2.05, 4.69) is 0 Å². The highest BCUT2D eigenvalue weighted by atomic mass is 16.3. The van der Waals surface area contributed by atoms with Gasteiger partial charge in [-0.15, -0.1) is 0 Å². The fourth-order valence-electron chi connectivity index (χ4n) is 5.89. The Balaban J connectivity index is 1.53. The second-order valence-corrected chi connectivity index (χ2v) is 10.5. The molecule has 49 heavy (non-hydrogen) atoms. The Hall–Kier alpha value is -6.44. The molecule has 0 fully saturated rings. The monoisotopic (exact) mass is 652 g/mol. The summed E-state index contributed by atoms with van der Waals surface area (Å²) in [5, 5.41) is -5.82. The van der Waals surface area contributed by atoms with E-state index < -0.39 is 280 Å². The molecule has 0 aliphatic heterocycles. The molecule has 0 radical (unpaired) electrons. The summed E-state index contributed by atoms with van der Waals surface area (Å²) < 4.78 is 277. The van der Waals surface area contributed by atoms with Gasteiger partial charge in [-0.25, -0.2) is 0 Å². The van der Waals surface area contributed by atoms with E-state index in [1.165, 1.54) is 0 Å². The van der Waals surface area contributed by atoms with Gasteiger partial charge in [0.1, 0.15) is 11.2 Å². The third-order valence-corrected chi connectivity index (χ3v) is 7.89. The lowest BCUT2D eigenvalue weighted by atomic mass is 9.84. The van der Waals surface area contributed by atoms with Crippen LogP contribution in [0.1, 0.15) is 41.1 Å². The van der Waals surface area contributed by atoms with E-state index in [-0.39, 0.29) is 0 Å². The zero-order valence-corrected chi connectivity index (χ0v) is 24.4. The normalized spacial score (nSPS) is 20.2. The lowest BCUT2D eigenvalue weighted by molar-refractivity contribution is 0.669. The van der Waals surface area contributed by atoms with Gasteiger partial charge in [-0.3, -0.25) is 0 Å². The fraction of sp³-hybridized carbons (Fsp3) is 0. The van der Waals surface area contributed by atoms with E-state index >= 15 is 0 Å². The molecule has 10 aromatic rings. The Morgan fingerprint density at radius 3 is 1.55 bits per heavy atom. The van der Waals surface area contributed by atoms with Gasteiger partial charge in [-0.1, -0.05) is 157 Å². The fourth-order valence-corrected chi connectivity index (χ4v) is 5.89. The van der Waals surface area contributed by atoms with Crippen molar-refractivity contribution in [3.05, 3.63) is 181 Å². The molecule has 1 nitrogen and oxygen atoms in total. The first-order chi connectivity index (χ1) is 36.8. The molecule has 0 aliphatic carbocycles. The van der Waals surface area contributed by atoms with Crippen LogP contribution < -0.4 is 0 Å². The van der Waals surface area contributed by atoms with Gasteiger partial charge in [-0.2, -0.15) is 0 Å². The average Bonchev–Trinajstić information content (AvgIpc) is 4.08. The molecule has 0 unspecified atom stereocenters. The highest BCUT2D eigenvalue weighted by molar-refractivity contribution is 6.27.